The molecular formula is C11H17Cl3N2. The van der Waals surface area contributed by atoms with Crippen LogP contribution >= 0.6 is 36.4 Å². The van der Waals surface area contributed by atoms with E-state index in [4.69, 9.17) is 11.6 Å². The van der Waals surface area contributed by atoms with Crippen LogP contribution in [0.25, 0.3) is 0 Å². The minimum atomic E-state index is 0. The first-order valence-corrected chi connectivity index (χ1v) is 5.38. The highest BCUT2D eigenvalue weighted by Gasteiger charge is 2.17. The van der Waals surface area contributed by atoms with Gasteiger partial charge in [-0.3, -0.25) is 0 Å². The highest BCUT2D eigenvalue weighted by atomic mass is 35.5. The number of benzene rings is 1. The lowest BCUT2D eigenvalue weighted by Gasteiger charge is -2.35. The van der Waals surface area contributed by atoms with Crippen LogP contribution in [-0.2, 0) is 0 Å². The van der Waals surface area contributed by atoms with Crippen LogP contribution in [0.15, 0.2) is 24.3 Å². The molecular weight excluding hydrogens is 266 g/mol. The predicted molar refractivity (Wildman–Crippen MR) is 75.6 cm³/mol. The molecule has 92 valence electrons. The molecule has 0 bridgehead atoms. The van der Waals surface area contributed by atoms with Crippen molar-refractivity contribution in [1.82, 2.24) is 5.32 Å². The Kier molecular flexibility index (Phi) is 7.16. The van der Waals surface area contributed by atoms with Gasteiger partial charge in [0.05, 0.1) is 0 Å². The molecule has 0 spiro atoms. The fourth-order valence-electron chi connectivity index (χ4n) is 1.88. The molecule has 2 rings (SSSR count). The minimum absolute atomic E-state index is 0. The molecule has 1 unspecified atom stereocenters. The van der Waals surface area contributed by atoms with Gasteiger partial charge in [-0.25, -0.2) is 0 Å². The summed E-state index contributed by atoms with van der Waals surface area (Å²) in [4.78, 5) is 2.39. The Bertz CT molecular complexity index is 320. The highest BCUT2D eigenvalue weighted by Crippen LogP contribution is 2.21. The standard InChI is InChI=1S/C11H15ClN2.2ClH/c1-9-8-13-5-6-14(9)11-4-2-3-10(12)7-11;;/h2-4,7,9,13H,5-6,8H2,1H3;2*1H. The summed E-state index contributed by atoms with van der Waals surface area (Å²) in [5.74, 6) is 0. The molecule has 1 atom stereocenters. The maximum atomic E-state index is 5.97. The van der Waals surface area contributed by atoms with E-state index in [1.165, 1.54) is 5.69 Å². The minimum Gasteiger partial charge on any atom is -0.366 e. The van der Waals surface area contributed by atoms with Crippen LogP contribution in [0.5, 0.6) is 0 Å². The molecule has 1 aromatic carbocycles. The fourth-order valence-corrected chi connectivity index (χ4v) is 2.06. The molecule has 1 aliphatic rings. The van der Waals surface area contributed by atoms with Crippen LogP contribution in [0.4, 0.5) is 5.69 Å². The third-order valence-electron chi connectivity index (χ3n) is 2.64. The zero-order valence-electron chi connectivity index (χ0n) is 9.15. The van der Waals surface area contributed by atoms with Crippen molar-refractivity contribution in [2.75, 3.05) is 24.5 Å². The second-order valence-electron chi connectivity index (χ2n) is 3.73. The Morgan fingerprint density at radius 2 is 2.12 bits per heavy atom. The van der Waals surface area contributed by atoms with Gasteiger partial charge in [-0.15, -0.1) is 24.8 Å². The summed E-state index contributed by atoms with van der Waals surface area (Å²) in [7, 11) is 0. The molecule has 1 fully saturated rings. The van der Waals surface area contributed by atoms with E-state index >= 15 is 0 Å². The van der Waals surface area contributed by atoms with Crippen molar-refractivity contribution in [2.24, 2.45) is 0 Å². The third kappa shape index (κ3) is 3.70. The van der Waals surface area contributed by atoms with Gasteiger partial charge in [-0.1, -0.05) is 17.7 Å². The van der Waals surface area contributed by atoms with Gasteiger partial charge >= 0.3 is 0 Å². The lowest BCUT2D eigenvalue weighted by atomic mass is 10.2. The van der Waals surface area contributed by atoms with Gasteiger partial charge < -0.3 is 10.2 Å². The smallest absolute Gasteiger partial charge is 0.0426 e. The van der Waals surface area contributed by atoms with E-state index in [1.807, 2.05) is 18.2 Å². The third-order valence-corrected chi connectivity index (χ3v) is 2.88. The van der Waals surface area contributed by atoms with Gasteiger partial charge in [0.25, 0.3) is 0 Å². The fraction of sp³-hybridized carbons (Fsp3) is 0.455. The Hall–Kier alpha value is -0.150. The van der Waals surface area contributed by atoms with E-state index in [2.05, 4.69) is 23.2 Å². The van der Waals surface area contributed by atoms with Gasteiger partial charge in [-0.2, -0.15) is 0 Å². The van der Waals surface area contributed by atoms with E-state index in [1.54, 1.807) is 0 Å². The second kappa shape index (κ2) is 7.23. The molecule has 2 nitrogen and oxygen atoms in total. The molecule has 1 aromatic rings. The summed E-state index contributed by atoms with van der Waals surface area (Å²) >= 11 is 5.97. The van der Waals surface area contributed by atoms with Crippen molar-refractivity contribution >= 4 is 42.1 Å². The number of piperazine rings is 1. The summed E-state index contributed by atoms with van der Waals surface area (Å²) in [5.41, 5.74) is 1.23. The van der Waals surface area contributed by atoms with Crippen molar-refractivity contribution in [2.45, 2.75) is 13.0 Å². The zero-order valence-corrected chi connectivity index (χ0v) is 11.5. The molecule has 0 aromatic heterocycles. The van der Waals surface area contributed by atoms with Crippen LogP contribution in [0.2, 0.25) is 5.02 Å². The molecule has 16 heavy (non-hydrogen) atoms. The van der Waals surface area contributed by atoms with E-state index < -0.39 is 0 Å². The summed E-state index contributed by atoms with van der Waals surface area (Å²) in [5, 5.41) is 4.19. The molecule has 0 aliphatic carbocycles. The van der Waals surface area contributed by atoms with Crippen LogP contribution < -0.4 is 10.2 Å². The number of nitrogens with one attached hydrogen (secondary N) is 1. The van der Waals surface area contributed by atoms with Crippen molar-refractivity contribution in [3.8, 4) is 0 Å². The summed E-state index contributed by atoms with van der Waals surface area (Å²) in [6, 6.07) is 8.61. The first-order valence-electron chi connectivity index (χ1n) is 5.00. The molecule has 1 saturated heterocycles. The molecule has 0 radical (unpaired) electrons. The molecule has 1 aliphatic heterocycles. The zero-order chi connectivity index (χ0) is 9.97. The van der Waals surface area contributed by atoms with Crippen LogP contribution in [0.1, 0.15) is 6.92 Å². The van der Waals surface area contributed by atoms with Crippen LogP contribution in [0.3, 0.4) is 0 Å². The van der Waals surface area contributed by atoms with Gasteiger partial charge in [-0.05, 0) is 25.1 Å². The monoisotopic (exact) mass is 282 g/mol. The summed E-state index contributed by atoms with van der Waals surface area (Å²) in [6.45, 7) is 5.39. The van der Waals surface area contributed by atoms with Gasteiger partial charge in [0.1, 0.15) is 0 Å². The van der Waals surface area contributed by atoms with Gasteiger partial charge in [0, 0.05) is 36.4 Å². The number of hydrogen-bond acceptors (Lipinski definition) is 2. The topological polar surface area (TPSA) is 15.3 Å². The predicted octanol–water partition coefficient (Wildman–Crippen LogP) is 2.98. The van der Waals surface area contributed by atoms with Crippen molar-refractivity contribution in [1.29, 1.82) is 0 Å². The highest BCUT2D eigenvalue weighted by molar-refractivity contribution is 6.30. The Morgan fingerprint density at radius 1 is 1.38 bits per heavy atom. The lowest BCUT2D eigenvalue weighted by Crippen LogP contribution is -2.49. The molecule has 5 heteroatoms. The van der Waals surface area contributed by atoms with Gasteiger partial charge in [0.15, 0.2) is 0 Å². The maximum Gasteiger partial charge on any atom is 0.0426 e. The number of anilines is 1. The average molecular weight is 284 g/mol. The molecule has 1 N–H and O–H groups in total. The van der Waals surface area contributed by atoms with E-state index in [-0.39, 0.29) is 24.8 Å². The largest absolute Gasteiger partial charge is 0.366 e. The molecule has 0 amide bonds. The Balaban J connectivity index is 0.00000112. The quantitative estimate of drug-likeness (QED) is 0.852. The normalized spacial score (nSPS) is 19.6. The SMILES string of the molecule is CC1CNCCN1c1cccc(Cl)c1.Cl.Cl. The Labute approximate surface area is 114 Å². The van der Waals surface area contributed by atoms with Gasteiger partial charge in [0.2, 0.25) is 0 Å². The van der Waals surface area contributed by atoms with Crippen LogP contribution in [0, 0.1) is 0 Å². The van der Waals surface area contributed by atoms with Crippen molar-refractivity contribution in [3.05, 3.63) is 29.3 Å². The summed E-state index contributed by atoms with van der Waals surface area (Å²) in [6.07, 6.45) is 0. The second-order valence-corrected chi connectivity index (χ2v) is 4.16. The van der Waals surface area contributed by atoms with Crippen molar-refractivity contribution in [3.63, 3.8) is 0 Å². The first kappa shape index (κ1) is 15.9. The maximum absolute atomic E-state index is 5.97. The molecule has 1 heterocycles. The van der Waals surface area contributed by atoms with Crippen LogP contribution in [-0.4, -0.2) is 25.7 Å². The van der Waals surface area contributed by atoms with E-state index in [9.17, 15) is 0 Å². The van der Waals surface area contributed by atoms with Crippen molar-refractivity contribution < 1.29 is 0 Å². The number of nitrogens with zero attached hydrogens (tertiary/aromatic N) is 1. The molecule has 0 saturated carbocycles. The Morgan fingerprint density at radius 3 is 2.75 bits per heavy atom. The van der Waals surface area contributed by atoms with E-state index in [0.717, 1.165) is 24.7 Å². The number of rotatable bonds is 1. The number of halogens is 3. The lowest BCUT2D eigenvalue weighted by molar-refractivity contribution is 0.501. The first-order chi connectivity index (χ1) is 6.77. The summed E-state index contributed by atoms with van der Waals surface area (Å²) < 4.78 is 0. The average Bonchev–Trinajstić information content (AvgIpc) is 2.18. The number of hydrogen-bond donors (Lipinski definition) is 1. The van der Waals surface area contributed by atoms with E-state index in [0.29, 0.717) is 6.04 Å².